The molecule has 2 aliphatic carbocycles. The first-order chi connectivity index (χ1) is 18.6. The highest BCUT2D eigenvalue weighted by molar-refractivity contribution is 6.00. The van der Waals surface area contributed by atoms with Crippen molar-refractivity contribution in [2.75, 3.05) is 5.32 Å². The predicted molar refractivity (Wildman–Crippen MR) is 138 cm³/mol. The van der Waals surface area contributed by atoms with Crippen LogP contribution in [0.4, 0.5) is 24.7 Å². The average Bonchev–Trinajstić information content (AvgIpc) is 3.63. The summed E-state index contributed by atoms with van der Waals surface area (Å²) in [6.07, 6.45) is 0.630. The number of pyridine rings is 1. The summed E-state index contributed by atoms with van der Waals surface area (Å²) in [4.78, 5) is 29.8. The maximum absolute atomic E-state index is 14.3. The molecular weight excluding hydrogens is 509 g/mol. The van der Waals surface area contributed by atoms with Gasteiger partial charge in [-0.2, -0.15) is 23.5 Å². The molecule has 3 aliphatic rings. The Morgan fingerprint density at radius 3 is 2.59 bits per heavy atom. The molecule has 0 spiro atoms. The zero-order chi connectivity index (χ0) is 27.6. The Morgan fingerprint density at radius 2 is 1.92 bits per heavy atom. The number of anilines is 2. The minimum Gasteiger partial charge on any atom is -0.338 e. The first-order valence-corrected chi connectivity index (χ1v) is 13.4. The van der Waals surface area contributed by atoms with E-state index in [1.165, 1.54) is 0 Å². The first-order valence-electron chi connectivity index (χ1n) is 13.4. The number of nitrogens with zero attached hydrogens (tertiary/aromatic N) is 4. The third kappa shape index (κ3) is 3.91. The lowest BCUT2D eigenvalue weighted by molar-refractivity contribution is -0.233. The van der Waals surface area contributed by atoms with Crippen molar-refractivity contribution in [3.8, 4) is 6.07 Å². The summed E-state index contributed by atoms with van der Waals surface area (Å²) in [5.74, 6) is -0.0411. The lowest BCUT2D eigenvalue weighted by Gasteiger charge is -2.45. The normalized spacial score (nSPS) is 20.5. The molecule has 0 saturated heterocycles. The second-order valence-corrected chi connectivity index (χ2v) is 11.3. The quantitative estimate of drug-likeness (QED) is 0.417. The lowest BCUT2D eigenvalue weighted by atomic mass is 9.79. The largest absolute Gasteiger partial charge is 0.411 e. The fourth-order valence-electron chi connectivity index (χ4n) is 6.54. The zero-order valence-electron chi connectivity index (χ0n) is 21.6. The smallest absolute Gasteiger partial charge is 0.338 e. The van der Waals surface area contributed by atoms with Crippen LogP contribution in [-0.4, -0.2) is 37.3 Å². The predicted octanol–water partition coefficient (Wildman–Crippen LogP) is 5.73. The number of nitrogens with one attached hydrogen (secondary N) is 2. The van der Waals surface area contributed by atoms with Gasteiger partial charge in [-0.1, -0.05) is 19.3 Å². The van der Waals surface area contributed by atoms with Crippen molar-refractivity contribution in [1.82, 2.24) is 19.7 Å². The van der Waals surface area contributed by atoms with Gasteiger partial charge in [0.2, 0.25) is 0 Å². The van der Waals surface area contributed by atoms with Gasteiger partial charge in [0.1, 0.15) is 10.9 Å². The highest BCUT2D eigenvalue weighted by atomic mass is 19.4. The first kappa shape index (κ1) is 25.5. The summed E-state index contributed by atoms with van der Waals surface area (Å²) in [6.45, 7) is 1.85. The summed E-state index contributed by atoms with van der Waals surface area (Å²) >= 11 is 0. The highest BCUT2D eigenvalue weighted by Gasteiger charge is 2.61. The standard InChI is InChI=1S/C28H29F3N6O2/c1-26(12-13-32,18-5-6-18)37-21-9-14-33-24(38)22(21)23(35-37)34-19-7-8-20-17(15-19)16-36(25(20)39)27(28(29,30)31)10-3-2-4-11-27/h7-9,14-15,18H,2-6,10-12,16H2,1H3,(H,33,38)(H,34,35). The number of hydrogen-bond donors (Lipinski definition) is 2. The van der Waals surface area contributed by atoms with Crippen LogP contribution in [0.5, 0.6) is 0 Å². The molecule has 1 unspecified atom stereocenters. The minimum absolute atomic E-state index is 0.0873. The number of fused-ring (bicyclic) bond motifs is 2. The number of aromatic nitrogens is 3. The van der Waals surface area contributed by atoms with Gasteiger partial charge in [0.05, 0.1) is 23.5 Å². The maximum Gasteiger partial charge on any atom is 0.411 e. The van der Waals surface area contributed by atoms with Crippen molar-refractivity contribution >= 4 is 28.3 Å². The molecule has 204 valence electrons. The van der Waals surface area contributed by atoms with E-state index >= 15 is 0 Å². The lowest BCUT2D eigenvalue weighted by Crippen LogP contribution is -2.59. The average molecular weight is 539 g/mol. The van der Waals surface area contributed by atoms with Crippen LogP contribution in [-0.2, 0) is 12.1 Å². The monoisotopic (exact) mass is 538 g/mol. The number of carbonyl (C=O) groups excluding carboxylic acids is 1. The Balaban J connectivity index is 1.36. The molecule has 2 saturated carbocycles. The summed E-state index contributed by atoms with van der Waals surface area (Å²) < 4.78 is 44.8. The third-order valence-corrected chi connectivity index (χ3v) is 8.88. The fourth-order valence-corrected chi connectivity index (χ4v) is 6.54. The molecule has 2 N–H and O–H groups in total. The molecule has 1 aliphatic heterocycles. The van der Waals surface area contributed by atoms with Gasteiger partial charge < -0.3 is 15.2 Å². The molecule has 6 rings (SSSR count). The Bertz CT molecular complexity index is 1560. The Kier molecular flexibility index (Phi) is 5.79. The van der Waals surface area contributed by atoms with Crippen LogP contribution >= 0.6 is 0 Å². The maximum atomic E-state index is 14.3. The van der Waals surface area contributed by atoms with Crippen LogP contribution in [0.3, 0.4) is 0 Å². The molecule has 2 aromatic heterocycles. The zero-order valence-corrected chi connectivity index (χ0v) is 21.6. The van der Waals surface area contributed by atoms with Gasteiger partial charge in [-0.3, -0.25) is 14.3 Å². The van der Waals surface area contributed by atoms with Crippen LogP contribution in [0, 0.1) is 17.2 Å². The van der Waals surface area contributed by atoms with Gasteiger partial charge in [-0.25, -0.2) is 0 Å². The third-order valence-electron chi connectivity index (χ3n) is 8.88. The van der Waals surface area contributed by atoms with Crippen LogP contribution in [0.15, 0.2) is 35.3 Å². The fraction of sp³-hybridized carbons (Fsp3) is 0.500. The van der Waals surface area contributed by atoms with Gasteiger partial charge in [-0.05, 0) is 68.4 Å². The number of nitriles is 1. The van der Waals surface area contributed by atoms with E-state index in [1.807, 2.05) is 6.92 Å². The number of alkyl halides is 3. The van der Waals surface area contributed by atoms with Gasteiger partial charge in [0.25, 0.3) is 11.5 Å². The van der Waals surface area contributed by atoms with Crippen molar-refractivity contribution in [3.05, 3.63) is 51.9 Å². The number of amides is 1. The van der Waals surface area contributed by atoms with E-state index in [2.05, 4.69) is 16.4 Å². The van der Waals surface area contributed by atoms with Gasteiger partial charge in [0, 0.05) is 24.0 Å². The van der Waals surface area contributed by atoms with Crippen LogP contribution in [0.1, 0.15) is 74.2 Å². The molecule has 1 atom stereocenters. The molecule has 3 heterocycles. The van der Waals surface area contributed by atoms with Crippen LogP contribution in [0.25, 0.3) is 10.9 Å². The Morgan fingerprint density at radius 1 is 1.18 bits per heavy atom. The van der Waals surface area contributed by atoms with Crippen molar-refractivity contribution < 1.29 is 18.0 Å². The highest BCUT2D eigenvalue weighted by Crippen LogP contribution is 2.49. The number of hydrogen-bond acceptors (Lipinski definition) is 5. The van der Waals surface area contributed by atoms with Crippen LogP contribution in [0.2, 0.25) is 0 Å². The molecule has 1 aromatic carbocycles. The number of carbonyl (C=O) groups is 1. The molecular formula is C28H29F3N6O2. The van der Waals surface area contributed by atoms with E-state index in [9.17, 15) is 28.0 Å². The van der Waals surface area contributed by atoms with Crippen molar-refractivity contribution in [2.45, 2.75) is 82.1 Å². The van der Waals surface area contributed by atoms with Crippen molar-refractivity contribution in [1.29, 1.82) is 5.26 Å². The summed E-state index contributed by atoms with van der Waals surface area (Å²) in [7, 11) is 0. The molecule has 3 aromatic rings. The summed E-state index contributed by atoms with van der Waals surface area (Å²) in [5, 5.41) is 17.8. The van der Waals surface area contributed by atoms with E-state index in [1.54, 1.807) is 35.1 Å². The summed E-state index contributed by atoms with van der Waals surface area (Å²) in [6, 6.07) is 8.85. The Hall–Kier alpha value is -3.81. The minimum atomic E-state index is -4.52. The second kappa shape index (κ2) is 8.86. The Labute approximate surface area is 222 Å². The van der Waals surface area contributed by atoms with E-state index in [0.29, 0.717) is 35.0 Å². The van der Waals surface area contributed by atoms with Crippen molar-refractivity contribution in [2.24, 2.45) is 5.92 Å². The molecule has 8 nitrogen and oxygen atoms in total. The van der Waals surface area contributed by atoms with Crippen LogP contribution < -0.4 is 10.9 Å². The van der Waals surface area contributed by atoms with Gasteiger partial charge in [-0.15, -0.1) is 0 Å². The molecule has 0 bridgehead atoms. The number of rotatable bonds is 6. The number of halogens is 3. The topological polar surface area (TPSA) is 107 Å². The second-order valence-electron chi connectivity index (χ2n) is 11.3. The van der Waals surface area contributed by atoms with E-state index in [-0.39, 0.29) is 48.7 Å². The molecule has 0 radical (unpaired) electrons. The van der Waals surface area contributed by atoms with E-state index in [0.717, 1.165) is 24.2 Å². The molecule has 39 heavy (non-hydrogen) atoms. The van der Waals surface area contributed by atoms with Crippen molar-refractivity contribution in [3.63, 3.8) is 0 Å². The summed E-state index contributed by atoms with van der Waals surface area (Å²) in [5.41, 5.74) is -1.21. The van der Waals surface area contributed by atoms with Gasteiger partial charge >= 0.3 is 6.18 Å². The molecule has 1 amide bonds. The number of aromatic amines is 1. The van der Waals surface area contributed by atoms with Gasteiger partial charge in [0.15, 0.2) is 5.82 Å². The van der Waals surface area contributed by atoms with E-state index in [4.69, 9.17) is 5.10 Å². The number of H-pyrrole nitrogens is 1. The van der Waals surface area contributed by atoms with E-state index < -0.39 is 23.2 Å². The number of benzene rings is 1. The molecule has 11 heteroatoms. The SMILES string of the molecule is CC(CC#N)(C1CC1)n1nc(Nc2ccc3c(c2)CN(C2(C(F)(F)F)CCCCC2)C3=O)c2c(=O)[nH]ccc21. The molecule has 2 fully saturated rings.